The molecule has 2 fully saturated rings. The number of carbonyl (C=O) groups is 1. The number of rotatable bonds is 7. The average Bonchev–Trinajstić information content (AvgIpc) is 3.20. The fourth-order valence-corrected chi connectivity index (χ4v) is 4.34. The van der Waals surface area contributed by atoms with Crippen LogP contribution in [0.4, 0.5) is 5.82 Å². The number of carbonyl (C=O) groups excluding carboxylic acids is 1. The molecule has 1 aromatic heterocycles. The number of nitrogens with two attached hydrogens (primary N) is 1. The number of anilines is 1. The Morgan fingerprint density at radius 1 is 1.20 bits per heavy atom. The number of thioether (sulfide) groups is 1. The normalized spacial score (nSPS) is 20.0. The lowest BCUT2D eigenvalue weighted by molar-refractivity contribution is -0.131. The van der Waals surface area contributed by atoms with Crippen LogP contribution in [0.25, 0.3) is 0 Å². The molecule has 0 unspecified atom stereocenters. The van der Waals surface area contributed by atoms with Crippen LogP contribution in [0.3, 0.4) is 0 Å². The van der Waals surface area contributed by atoms with Crippen LogP contribution in [0.1, 0.15) is 19.3 Å². The van der Waals surface area contributed by atoms with Crippen LogP contribution in [-0.2, 0) is 4.79 Å². The number of aromatic nitrogens is 1. The largest absolute Gasteiger partial charge is 0.354 e. The van der Waals surface area contributed by atoms with Crippen molar-refractivity contribution < 1.29 is 4.79 Å². The van der Waals surface area contributed by atoms with Gasteiger partial charge in [0.05, 0.1) is 11.9 Å². The first-order valence-electron chi connectivity index (χ1n) is 9.24. The summed E-state index contributed by atoms with van der Waals surface area (Å²) in [6, 6.07) is 5.75. The van der Waals surface area contributed by atoms with Gasteiger partial charge in [0.2, 0.25) is 5.91 Å². The van der Waals surface area contributed by atoms with Gasteiger partial charge in [-0.25, -0.2) is 4.98 Å². The van der Waals surface area contributed by atoms with Crippen molar-refractivity contribution in [3.63, 3.8) is 0 Å². The topological polar surface area (TPSA) is 65.7 Å². The summed E-state index contributed by atoms with van der Waals surface area (Å²) < 4.78 is 0. The van der Waals surface area contributed by atoms with E-state index in [9.17, 15) is 4.79 Å². The first kappa shape index (κ1) is 18.5. The summed E-state index contributed by atoms with van der Waals surface area (Å²) in [6.07, 6.45) is 4.79. The van der Waals surface area contributed by atoms with Gasteiger partial charge in [-0.3, -0.25) is 9.69 Å². The Morgan fingerprint density at radius 3 is 2.72 bits per heavy atom. The highest BCUT2D eigenvalue weighted by atomic mass is 32.2. The van der Waals surface area contributed by atoms with E-state index in [0.29, 0.717) is 0 Å². The zero-order valence-electron chi connectivity index (χ0n) is 14.8. The molecule has 1 amide bonds. The molecule has 0 aliphatic carbocycles. The third-order valence-corrected chi connectivity index (χ3v) is 5.93. The molecule has 6 nitrogen and oxygen atoms in total. The average molecular weight is 364 g/mol. The SMILES string of the molecule is N[C@@H](CCCCN1CCN(c2ccccn2)CC1)C(=O)N1CCSC1. The van der Waals surface area contributed by atoms with Gasteiger partial charge in [0.15, 0.2) is 0 Å². The van der Waals surface area contributed by atoms with Crippen molar-refractivity contribution >= 4 is 23.5 Å². The number of nitrogens with zero attached hydrogens (tertiary/aromatic N) is 4. The second kappa shape index (κ2) is 9.40. The Morgan fingerprint density at radius 2 is 2.04 bits per heavy atom. The zero-order chi connectivity index (χ0) is 17.5. The molecule has 0 saturated carbocycles. The number of hydrogen-bond acceptors (Lipinski definition) is 6. The minimum Gasteiger partial charge on any atom is -0.354 e. The molecule has 0 radical (unpaired) electrons. The van der Waals surface area contributed by atoms with E-state index >= 15 is 0 Å². The Balaban J connectivity index is 1.29. The number of unbranched alkanes of at least 4 members (excludes halogenated alkanes) is 1. The molecule has 0 spiro atoms. The number of hydrogen-bond donors (Lipinski definition) is 1. The summed E-state index contributed by atoms with van der Waals surface area (Å²) in [4.78, 5) is 23.4. The number of amides is 1. The van der Waals surface area contributed by atoms with Crippen molar-refractivity contribution in [3.8, 4) is 0 Å². The third-order valence-electron chi connectivity index (χ3n) is 4.97. The van der Waals surface area contributed by atoms with Crippen molar-refractivity contribution in [3.05, 3.63) is 24.4 Å². The monoisotopic (exact) mass is 363 g/mol. The van der Waals surface area contributed by atoms with Gasteiger partial charge >= 0.3 is 0 Å². The molecule has 2 aliphatic heterocycles. The fourth-order valence-electron chi connectivity index (χ4n) is 3.39. The van der Waals surface area contributed by atoms with E-state index in [-0.39, 0.29) is 11.9 Å². The van der Waals surface area contributed by atoms with Crippen molar-refractivity contribution in [2.24, 2.45) is 5.73 Å². The van der Waals surface area contributed by atoms with Crippen LogP contribution in [0.15, 0.2) is 24.4 Å². The van der Waals surface area contributed by atoms with Crippen LogP contribution in [-0.4, -0.2) is 77.6 Å². The van der Waals surface area contributed by atoms with Crippen molar-refractivity contribution in [2.75, 3.05) is 55.8 Å². The highest BCUT2D eigenvalue weighted by Gasteiger charge is 2.23. The smallest absolute Gasteiger partial charge is 0.240 e. The lowest BCUT2D eigenvalue weighted by atomic mass is 10.1. The maximum atomic E-state index is 12.2. The van der Waals surface area contributed by atoms with Gasteiger partial charge in [-0.1, -0.05) is 12.5 Å². The second-order valence-corrected chi connectivity index (χ2v) is 7.83. The zero-order valence-corrected chi connectivity index (χ0v) is 15.7. The summed E-state index contributed by atoms with van der Waals surface area (Å²) in [7, 11) is 0. The minimum absolute atomic E-state index is 0.133. The summed E-state index contributed by atoms with van der Waals surface area (Å²) in [5, 5.41) is 0. The second-order valence-electron chi connectivity index (χ2n) is 6.76. The molecule has 0 aromatic carbocycles. The fraction of sp³-hybridized carbons (Fsp3) is 0.667. The molecule has 2 N–H and O–H groups in total. The molecule has 3 heterocycles. The van der Waals surface area contributed by atoms with Crippen molar-refractivity contribution in [1.29, 1.82) is 0 Å². The van der Waals surface area contributed by atoms with Gasteiger partial charge in [-0.15, -0.1) is 11.8 Å². The van der Waals surface area contributed by atoms with Crippen LogP contribution >= 0.6 is 11.8 Å². The van der Waals surface area contributed by atoms with Gasteiger partial charge in [0.25, 0.3) is 0 Å². The van der Waals surface area contributed by atoms with E-state index in [4.69, 9.17) is 5.73 Å². The van der Waals surface area contributed by atoms with E-state index in [1.807, 2.05) is 35.0 Å². The Bertz CT molecular complexity index is 530. The van der Waals surface area contributed by atoms with Gasteiger partial charge in [-0.05, 0) is 31.5 Å². The molecular weight excluding hydrogens is 334 g/mol. The summed E-state index contributed by atoms with van der Waals surface area (Å²) in [5.74, 6) is 3.07. The van der Waals surface area contributed by atoms with Crippen LogP contribution in [0.2, 0.25) is 0 Å². The van der Waals surface area contributed by atoms with E-state index in [1.165, 1.54) is 0 Å². The van der Waals surface area contributed by atoms with Crippen LogP contribution < -0.4 is 10.6 Å². The quantitative estimate of drug-likeness (QED) is 0.735. The number of pyridine rings is 1. The predicted octanol–water partition coefficient (Wildman–Crippen LogP) is 1.23. The molecular formula is C18H29N5OS. The molecule has 7 heteroatoms. The molecule has 0 bridgehead atoms. The maximum absolute atomic E-state index is 12.2. The Kier molecular flexibility index (Phi) is 6.95. The van der Waals surface area contributed by atoms with E-state index in [2.05, 4.69) is 20.9 Å². The number of piperazine rings is 1. The summed E-state index contributed by atoms with van der Waals surface area (Å²) >= 11 is 1.81. The Hall–Kier alpha value is -1.31. The van der Waals surface area contributed by atoms with Crippen molar-refractivity contribution in [2.45, 2.75) is 25.3 Å². The summed E-state index contributed by atoms with van der Waals surface area (Å²) in [5.41, 5.74) is 6.07. The van der Waals surface area contributed by atoms with Crippen molar-refractivity contribution in [1.82, 2.24) is 14.8 Å². The molecule has 1 atom stereocenters. The highest BCUT2D eigenvalue weighted by Crippen LogP contribution is 2.16. The first-order chi connectivity index (χ1) is 12.2. The summed E-state index contributed by atoms with van der Waals surface area (Å²) in [6.45, 7) is 6.16. The highest BCUT2D eigenvalue weighted by molar-refractivity contribution is 7.99. The van der Waals surface area contributed by atoms with E-state index < -0.39 is 0 Å². The lowest BCUT2D eigenvalue weighted by Gasteiger charge is -2.35. The van der Waals surface area contributed by atoms with Crippen LogP contribution in [0, 0.1) is 0 Å². The molecule has 3 rings (SSSR count). The molecule has 138 valence electrons. The van der Waals surface area contributed by atoms with Gasteiger partial charge in [0, 0.05) is 44.7 Å². The van der Waals surface area contributed by atoms with E-state index in [1.54, 1.807) is 0 Å². The Labute approximate surface area is 154 Å². The molecule has 1 aromatic rings. The standard InChI is InChI=1S/C18H29N5OS/c19-16(18(24)23-13-14-25-15-23)5-2-4-8-21-9-11-22(12-10-21)17-6-1-3-7-20-17/h1,3,6-7,16H,2,4-5,8-15,19H2/t16-/m0/s1. The molecule has 2 aliphatic rings. The molecule has 25 heavy (non-hydrogen) atoms. The first-order valence-corrected chi connectivity index (χ1v) is 10.4. The third kappa shape index (κ3) is 5.33. The van der Waals surface area contributed by atoms with Crippen LogP contribution in [0.5, 0.6) is 0 Å². The van der Waals surface area contributed by atoms with Gasteiger partial charge in [0.1, 0.15) is 5.82 Å². The van der Waals surface area contributed by atoms with Gasteiger partial charge in [-0.2, -0.15) is 0 Å². The maximum Gasteiger partial charge on any atom is 0.240 e. The predicted molar refractivity (Wildman–Crippen MR) is 104 cm³/mol. The minimum atomic E-state index is -0.320. The van der Waals surface area contributed by atoms with Gasteiger partial charge < -0.3 is 15.5 Å². The lowest BCUT2D eigenvalue weighted by Crippen LogP contribution is -2.47. The molecule has 2 saturated heterocycles. The van der Waals surface area contributed by atoms with E-state index in [0.717, 1.165) is 76.0 Å².